The van der Waals surface area contributed by atoms with E-state index in [4.69, 9.17) is 21.1 Å². The Morgan fingerprint density at radius 1 is 1.65 bits per heavy atom. The molecule has 2 rings (SSSR count). The average molecular weight is 299 g/mol. The molecule has 1 saturated heterocycles. The molecule has 1 aromatic rings. The van der Waals surface area contributed by atoms with Gasteiger partial charge in [-0.25, -0.2) is 0 Å². The van der Waals surface area contributed by atoms with Crippen molar-refractivity contribution in [2.24, 2.45) is 0 Å². The lowest BCUT2D eigenvalue weighted by Crippen LogP contribution is -2.47. The van der Waals surface area contributed by atoms with Crippen molar-refractivity contribution in [2.75, 3.05) is 26.2 Å². The Hall–Kier alpha value is -1.30. The molecule has 1 aromatic carbocycles. The molecule has 1 heterocycles. The summed E-state index contributed by atoms with van der Waals surface area (Å²) in [4.78, 5) is 11.9. The van der Waals surface area contributed by atoms with Crippen LogP contribution >= 0.6 is 11.6 Å². The average Bonchev–Trinajstić information content (AvgIpc) is 2.46. The first-order valence-corrected chi connectivity index (χ1v) is 7.05. The van der Waals surface area contributed by atoms with Crippen molar-refractivity contribution in [3.63, 3.8) is 0 Å². The molecule has 1 aliphatic heterocycles. The Kier molecular flexibility index (Phi) is 5.64. The number of nitrogens with one attached hydrogen (secondary N) is 2. The number of hydrogen-bond acceptors (Lipinski definition) is 4. The van der Waals surface area contributed by atoms with Gasteiger partial charge in [-0.15, -0.1) is 0 Å². The van der Waals surface area contributed by atoms with Crippen molar-refractivity contribution < 1.29 is 14.3 Å². The number of halogens is 1. The molecular formula is C14H19ClN2O3. The first-order valence-electron chi connectivity index (χ1n) is 6.67. The second kappa shape index (κ2) is 7.47. The quantitative estimate of drug-likeness (QED) is 0.858. The molecule has 1 amide bonds. The number of carbonyl (C=O) groups is 1. The molecule has 0 aromatic heterocycles. The molecule has 1 fully saturated rings. The van der Waals surface area contributed by atoms with Gasteiger partial charge in [-0.3, -0.25) is 4.79 Å². The van der Waals surface area contributed by atoms with Gasteiger partial charge < -0.3 is 20.1 Å². The highest BCUT2D eigenvalue weighted by Gasteiger charge is 2.18. The van der Waals surface area contributed by atoms with Crippen LogP contribution in [0.3, 0.4) is 0 Å². The minimum absolute atomic E-state index is 0.0195. The van der Waals surface area contributed by atoms with Crippen molar-refractivity contribution in [2.45, 2.75) is 19.1 Å². The lowest BCUT2D eigenvalue weighted by molar-refractivity contribution is -0.128. The van der Waals surface area contributed by atoms with E-state index in [1.807, 2.05) is 0 Å². The van der Waals surface area contributed by atoms with Gasteiger partial charge in [-0.2, -0.15) is 0 Å². The van der Waals surface area contributed by atoms with Crippen molar-refractivity contribution >= 4 is 17.5 Å². The number of ether oxygens (including phenoxy) is 2. The first-order chi connectivity index (χ1) is 9.65. The number of hydrogen-bond donors (Lipinski definition) is 2. The summed E-state index contributed by atoms with van der Waals surface area (Å²) in [6.45, 7) is 4.48. The Balaban J connectivity index is 1.76. The standard InChI is InChI=1S/C14H19ClN2O3/c1-10(20-12-4-2-3-11(15)7-12)14(18)17-9-13-8-16-5-6-19-13/h2-4,7,10,13,16H,5-6,8-9H2,1H3,(H,17,18). The van der Waals surface area contributed by atoms with Crippen LogP contribution in [0.4, 0.5) is 0 Å². The van der Waals surface area contributed by atoms with Crippen LogP contribution in [-0.2, 0) is 9.53 Å². The third-order valence-electron chi connectivity index (χ3n) is 2.99. The summed E-state index contributed by atoms with van der Waals surface area (Å²) in [5, 5.41) is 6.62. The zero-order valence-corrected chi connectivity index (χ0v) is 12.2. The minimum Gasteiger partial charge on any atom is -0.481 e. The van der Waals surface area contributed by atoms with Crippen LogP contribution in [0.2, 0.25) is 5.02 Å². The van der Waals surface area contributed by atoms with Crippen LogP contribution in [0, 0.1) is 0 Å². The maximum atomic E-state index is 11.9. The van der Waals surface area contributed by atoms with Gasteiger partial charge in [-0.1, -0.05) is 17.7 Å². The zero-order chi connectivity index (χ0) is 14.4. The van der Waals surface area contributed by atoms with E-state index in [1.54, 1.807) is 31.2 Å². The molecule has 20 heavy (non-hydrogen) atoms. The molecule has 0 saturated carbocycles. The summed E-state index contributed by atoms with van der Waals surface area (Å²) in [6, 6.07) is 6.99. The van der Waals surface area contributed by atoms with E-state index >= 15 is 0 Å². The zero-order valence-electron chi connectivity index (χ0n) is 11.4. The smallest absolute Gasteiger partial charge is 0.260 e. The van der Waals surface area contributed by atoms with E-state index in [9.17, 15) is 4.79 Å². The van der Waals surface area contributed by atoms with Crippen LogP contribution in [0.1, 0.15) is 6.92 Å². The summed E-state index contributed by atoms with van der Waals surface area (Å²) in [7, 11) is 0. The van der Waals surface area contributed by atoms with Crippen LogP contribution < -0.4 is 15.4 Å². The molecule has 0 bridgehead atoms. The van der Waals surface area contributed by atoms with Gasteiger partial charge in [0.2, 0.25) is 0 Å². The minimum atomic E-state index is -0.579. The summed E-state index contributed by atoms with van der Waals surface area (Å²) in [5.74, 6) is 0.412. The van der Waals surface area contributed by atoms with Crippen molar-refractivity contribution in [1.29, 1.82) is 0 Å². The van der Waals surface area contributed by atoms with Crippen LogP contribution in [0.25, 0.3) is 0 Å². The number of morpholine rings is 1. The molecule has 1 aliphatic rings. The third-order valence-corrected chi connectivity index (χ3v) is 3.22. The van der Waals surface area contributed by atoms with Gasteiger partial charge in [-0.05, 0) is 25.1 Å². The summed E-state index contributed by atoms with van der Waals surface area (Å²) >= 11 is 5.87. The normalized spacial score (nSPS) is 20.2. The van der Waals surface area contributed by atoms with E-state index < -0.39 is 6.10 Å². The Morgan fingerprint density at radius 3 is 3.20 bits per heavy atom. The Labute approximate surface area is 123 Å². The summed E-state index contributed by atoms with van der Waals surface area (Å²) in [5.41, 5.74) is 0. The summed E-state index contributed by atoms with van der Waals surface area (Å²) < 4.78 is 11.1. The predicted octanol–water partition coefficient (Wildman–Crippen LogP) is 1.21. The van der Waals surface area contributed by atoms with Gasteiger partial charge >= 0.3 is 0 Å². The van der Waals surface area contributed by atoms with Gasteiger partial charge in [0.15, 0.2) is 6.10 Å². The molecule has 2 N–H and O–H groups in total. The van der Waals surface area contributed by atoms with Gasteiger partial charge in [0.1, 0.15) is 5.75 Å². The maximum absolute atomic E-state index is 11.9. The molecule has 0 radical (unpaired) electrons. The van der Waals surface area contributed by atoms with E-state index in [0.717, 1.165) is 13.1 Å². The largest absolute Gasteiger partial charge is 0.481 e. The van der Waals surface area contributed by atoms with E-state index in [1.165, 1.54) is 0 Å². The number of carbonyl (C=O) groups excluding carboxylic acids is 1. The fourth-order valence-corrected chi connectivity index (χ4v) is 2.09. The second-order valence-electron chi connectivity index (χ2n) is 4.66. The van der Waals surface area contributed by atoms with E-state index in [0.29, 0.717) is 23.9 Å². The molecule has 0 aliphatic carbocycles. The van der Waals surface area contributed by atoms with Gasteiger partial charge in [0.05, 0.1) is 12.7 Å². The Bertz CT molecular complexity index is 450. The van der Waals surface area contributed by atoms with Gasteiger partial charge in [0.25, 0.3) is 5.91 Å². The SMILES string of the molecule is CC(Oc1cccc(Cl)c1)C(=O)NCC1CNCCO1. The highest BCUT2D eigenvalue weighted by atomic mass is 35.5. The molecule has 2 atom stereocenters. The van der Waals surface area contributed by atoms with Gasteiger partial charge in [0, 0.05) is 24.7 Å². The summed E-state index contributed by atoms with van der Waals surface area (Å²) in [6.07, 6.45) is -0.559. The monoisotopic (exact) mass is 298 g/mol. The molecule has 0 spiro atoms. The lowest BCUT2D eigenvalue weighted by atomic mass is 10.3. The molecule has 2 unspecified atom stereocenters. The van der Waals surface area contributed by atoms with Crippen molar-refractivity contribution in [3.05, 3.63) is 29.3 Å². The van der Waals surface area contributed by atoms with E-state index in [2.05, 4.69) is 10.6 Å². The topological polar surface area (TPSA) is 59.6 Å². The first kappa shape index (κ1) is 15.1. The highest BCUT2D eigenvalue weighted by Crippen LogP contribution is 2.18. The fourth-order valence-electron chi connectivity index (χ4n) is 1.91. The number of benzene rings is 1. The lowest BCUT2D eigenvalue weighted by Gasteiger charge is -2.24. The van der Waals surface area contributed by atoms with Crippen LogP contribution in [0.5, 0.6) is 5.75 Å². The second-order valence-corrected chi connectivity index (χ2v) is 5.10. The molecule has 5 nitrogen and oxygen atoms in total. The van der Waals surface area contributed by atoms with Crippen molar-refractivity contribution in [3.8, 4) is 5.75 Å². The molecule has 6 heteroatoms. The third kappa shape index (κ3) is 4.67. The molecule has 110 valence electrons. The predicted molar refractivity (Wildman–Crippen MR) is 77.2 cm³/mol. The Morgan fingerprint density at radius 2 is 2.50 bits per heavy atom. The maximum Gasteiger partial charge on any atom is 0.260 e. The highest BCUT2D eigenvalue weighted by molar-refractivity contribution is 6.30. The number of rotatable bonds is 5. The fraction of sp³-hybridized carbons (Fsp3) is 0.500. The number of amides is 1. The van der Waals surface area contributed by atoms with Crippen molar-refractivity contribution in [1.82, 2.24) is 10.6 Å². The van der Waals surface area contributed by atoms with E-state index in [-0.39, 0.29) is 12.0 Å². The van der Waals surface area contributed by atoms with Crippen LogP contribution in [0.15, 0.2) is 24.3 Å². The molecular weight excluding hydrogens is 280 g/mol. The van der Waals surface area contributed by atoms with Crippen LogP contribution in [-0.4, -0.2) is 44.4 Å².